The Kier molecular flexibility index (Phi) is 6.47. The zero-order valence-corrected chi connectivity index (χ0v) is 16.0. The first-order valence-electron chi connectivity index (χ1n) is 9.49. The number of carbonyl (C=O) groups is 1. The molecule has 0 aliphatic carbocycles. The number of piperazine rings is 1. The van der Waals surface area contributed by atoms with E-state index in [9.17, 15) is 14.9 Å². The summed E-state index contributed by atoms with van der Waals surface area (Å²) in [5.74, 6) is 0.986. The van der Waals surface area contributed by atoms with Gasteiger partial charge in [0.25, 0.3) is 5.69 Å². The lowest BCUT2D eigenvalue weighted by Crippen LogP contribution is -2.48. The van der Waals surface area contributed by atoms with Crippen molar-refractivity contribution in [2.24, 2.45) is 0 Å². The van der Waals surface area contributed by atoms with Gasteiger partial charge in [-0.2, -0.15) is 0 Å². The summed E-state index contributed by atoms with van der Waals surface area (Å²) < 4.78 is 5.70. The van der Waals surface area contributed by atoms with Crippen LogP contribution in [-0.4, -0.2) is 48.5 Å². The van der Waals surface area contributed by atoms with Crippen molar-refractivity contribution in [2.75, 3.05) is 37.7 Å². The molecular weight excluding hydrogens is 358 g/mol. The van der Waals surface area contributed by atoms with Crippen LogP contribution in [0.4, 0.5) is 11.4 Å². The normalized spacial score (nSPS) is 14.0. The molecule has 2 aromatic carbocycles. The van der Waals surface area contributed by atoms with Gasteiger partial charge in [-0.25, -0.2) is 0 Å². The van der Waals surface area contributed by atoms with Crippen LogP contribution in [0.15, 0.2) is 48.5 Å². The number of ether oxygens (including phenoxy) is 1. The minimum atomic E-state index is -0.400. The largest absolute Gasteiger partial charge is 0.494 e. The molecule has 0 saturated carbocycles. The SMILES string of the molecule is Cc1cccc(OCCCC(=O)N2CCN(c3ccc([N+](=O)[O-])cc3)CC2)c1. The molecule has 0 aromatic heterocycles. The molecular formula is C21H25N3O4. The Bertz CT molecular complexity index is 815. The molecule has 0 bridgehead atoms. The van der Waals surface area contributed by atoms with Gasteiger partial charge in [-0.15, -0.1) is 0 Å². The molecule has 2 aromatic rings. The minimum Gasteiger partial charge on any atom is -0.494 e. The maximum Gasteiger partial charge on any atom is 0.269 e. The summed E-state index contributed by atoms with van der Waals surface area (Å²) in [7, 11) is 0. The lowest BCUT2D eigenvalue weighted by molar-refractivity contribution is -0.384. The molecule has 3 rings (SSSR count). The molecule has 1 amide bonds. The number of amides is 1. The zero-order valence-electron chi connectivity index (χ0n) is 16.0. The van der Waals surface area contributed by atoms with Crippen molar-refractivity contribution in [3.63, 3.8) is 0 Å². The van der Waals surface area contributed by atoms with E-state index in [1.807, 2.05) is 36.1 Å². The zero-order chi connectivity index (χ0) is 19.9. The fraction of sp³-hybridized carbons (Fsp3) is 0.381. The van der Waals surface area contributed by atoms with Crippen molar-refractivity contribution in [3.05, 3.63) is 64.2 Å². The van der Waals surface area contributed by atoms with Gasteiger partial charge in [-0.3, -0.25) is 14.9 Å². The van der Waals surface area contributed by atoms with Crippen LogP contribution in [0.5, 0.6) is 5.75 Å². The molecule has 0 N–H and O–H groups in total. The van der Waals surface area contributed by atoms with E-state index in [1.54, 1.807) is 12.1 Å². The number of hydrogen-bond acceptors (Lipinski definition) is 5. The Morgan fingerprint density at radius 1 is 1.11 bits per heavy atom. The number of hydrogen-bond donors (Lipinski definition) is 0. The predicted molar refractivity (Wildman–Crippen MR) is 108 cm³/mol. The molecule has 1 heterocycles. The summed E-state index contributed by atoms with van der Waals surface area (Å²) in [6, 6.07) is 14.4. The van der Waals surface area contributed by atoms with Crippen molar-refractivity contribution in [2.45, 2.75) is 19.8 Å². The number of nitrogens with zero attached hydrogens (tertiary/aromatic N) is 3. The van der Waals surface area contributed by atoms with Crippen LogP contribution in [0.2, 0.25) is 0 Å². The smallest absolute Gasteiger partial charge is 0.269 e. The number of aryl methyl sites for hydroxylation is 1. The standard InChI is InChI=1S/C21H25N3O4/c1-17-4-2-5-20(16-17)28-15-3-6-21(25)23-13-11-22(12-14-23)18-7-9-19(10-8-18)24(26)27/h2,4-5,7-10,16H,3,6,11-15H2,1H3. The lowest BCUT2D eigenvalue weighted by atomic mass is 10.2. The second-order valence-electron chi connectivity index (χ2n) is 6.91. The monoisotopic (exact) mass is 383 g/mol. The van der Waals surface area contributed by atoms with Crippen LogP contribution in [0, 0.1) is 17.0 Å². The topological polar surface area (TPSA) is 75.9 Å². The van der Waals surface area contributed by atoms with E-state index in [4.69, 9.17) is 4.74 Å². The first-order valence-corrected chi connectivity index (χ1v) is 9.49. The summed E-state index contributed by atoms with van der Waals surface area (Å²) in [4.78, 5) is 26.8. The van der Waals surface area contributed by atoms with Crippen LogP contribution < -0.4 is 9.64 Å². The van der Waals surface area contributed by atoms with Gasteiger partial charge in [0.05, 0.1) is 11.5 Å². The summed E-state index contributed by atoms with van der Waals surface area (Å²) in [6.07, 6.45) is 1.17. The van der Waals surface area contributed by atoms with Crippen LogP contribution in [-0.2, 0) is 4.79 Å². The molecule has 28 heavy (non-hydrogen) atoms. The molecule has 7 heteroatoms. The van der Waals surface area contributed by atoms with E-state index in [2.05, 4.69) is 4.90 Å². The molecule has 0 radical (unpaired) electrons. The summed E-state index contributed by atoms with van der Waals surface area (Å²) in [6.45, 7) is 5.32. The van der Waals surface area contributed by atoms with Crippen LogP contribution in [0.3, 0.4) is 0 Å². The Labute approximate surface area is 164 Å². The van der Waals surface area contributed by atoms with E-state index in [-0.39, 0.29) is 11.6 Å². The van der Waals surface area contributed by atoms with Crippen molar-refractivity contribution >= 4 is 17.3 Å². The highest BCUT2D eigenvalue weighted by molar-refractivity contribution is 5.76. The number of nitro benzene ring substituents is 1. The molecule has 148 valence electrons. The van der Waals surface area contributed by atoms with Crippen LogP contribution >= 0.6 is 0 Å². The summed E-state index contributed by atoms with van der Waals surface area (Å²) in [5, 5.41) is 10.7. The third-order valence-corrected chi connectivity index (χ3v) is 4.85. The highest BCUT2D eigenvalue weighted by Gasteiger charge is 2.21. The molecule has 0 atom stereocenters. The number of benzene rings is 2. The van der Waals surface area contributed by atoms with Crippen molar-refractivity contribution < 1.29 is 14.5 Å². The van der Waals surface area contributed by atoms with E-state index < -0.39 is 4.92 Å². The Hall–Kier alpha value is -3.09. The average Bonchev–Trinajstić information content (AvgIpc) is 2.71. The van der Waals surface area contributed by atoms with E-state index in [0.29, 0.717) is 32.5 Å². The second-order valence-corrected chi connectivity index (χ2v) is 6.91. The number of nitro groups is 1. The van der Waals surface area contributed by atoms with Gasteiger partial charge in [-0.1, -0.05) is 12.1 Å². The molecule has 1 aliphatic rings. The van der Waals surface area contributed by atoms with Gasteiger partial charge >= 0.3 is 0 Å². The second kappa shape index (κ2) is 9.21. The van der Waals surface area contributed by atoms with E-state index in [1.165, 1.54) is 12.1 Å². The van der Waals surface area contributed by atoms with Crippen molar-refractivity contribution in [3.8, 4) is 5.75 Å². The number of rotatable bonds is 7. The highest BCUT2D eigenvalue weighted by Crippen LogP contribution is 2.21. The predicted octanol–water partition coefficient (Wildman–Crippen LogP) is 3.41. The third-order valence-electron chi connectivity index (χ3n) is 4.85. The van der Waals surface area contributed by atoms with E-state index >= 15 is 0 Å². The maximum atomic E-state index is 12.4. The van der Waals surface area contributed by atoms with Gasteiger partial charge in [0.15, 0.2) is 0 Å². The Morgan fingerprint density at radius 2 is 1.82 bits per heavy atom. The van der Waals surface area contributed by atoms with Crippen LogP contribution in [0.1, 0.15) is 18.4 Å². The molecule has 0 spiro atoms. The molecule has 7 nitrogen and oxygen atoms in total. The summed E-state index contributed by atoms with van der Waals surface area (Å²) >= 11 is 0. The fourth-order valence-electron chi connectivity index (χ4n) is 3.28. The van der Waals surface area contributed by atoms with Gasteiger partial charge in [0, 0.05) is 50.4 Å². The van der Waals surface area contributed by atoms with Gasteiger partial charge < -0.3 is 14.5 Å². The highest BCUT2D eigenvalue weighted by atomic mass is 16.6. The van der Waals surface area contributed by atoms with Gasteiger partial charge in [0.2, 0.25) is 5.91 Å². The molecule has 0 unspecified atom stereocenters. The molecule has 1 saturated heterocycles. The van der Waals surface area contributed by atoms with E-state index in [0.717, 1.165) is 30.1 Å². The Balaban J connectivity index is 1.39. The average molecular weight is 383 g/mol. The first kappa shape index (κ1) is 19.7. The fourth-order valence-corrected chi connectivity index (χ4v) is 3.28. The number of non-ortho nitro benzene ring substituents is 1. The quantitative estimate of drug-likeness (QED) is 0.416. The third kappa shape index (κ3) is 5.22. The van der Waals surface area contributed by atoms with Crippen molar-refractivity contribution in [1.29, 1.82) is 0 Å². The minimum absolute atomic E-state index is 0.0884. The van der Waals surface area contributed by atoms with Crippen molar-refractivity contribution in [1.82, 2.24) is 4.90 Å². The first-order chi connectivity index (χ1) is 13.5. The summed E-state index contributed by atoms with van der Waals surface area (Å²) in [5.41, 5.74) is 2.19. The molecule has 1 fully saturated rings. The number of anilines is 1. The van der Waals surface area contributed by atoms with Gasteiger partial charge in [0.1, 0.15) is 5.75 Å². The molecule has 1 aliphatic heterocycles. The maximum absolute atomic E-state index is 12.4. The lowest BCUT2D eigenvalue weighted by Gasteiger charge is -2.36. The Morgan fingerprint density at radius 3 is 2.46 bits per heavy atom. The number of carbonyl (C=O) groups excluding carboxylic acids is 1. The van der Waals surface area contributed by atoms with Gasteiger partial charge in [-0.05, 0) is 43.2 Å². The van der Waals surface area contributed by atoms with Crippen LogP contribution in [0.25, 0.3) is 0 Å².